The summed E-state index contributed by atoms with van der Waals surface area (Å²) >= 11 is 1.42. The lowest BCUT2D eigenvalue weighted by atomic mass is 9.97. The van der Waals surface area contributed by atoms with Gasteiger partial charge in [0.2, 0.25) is 0 Å². The van der Waals surface area contributed by atoms with E-state index in [1.807, 2.05) is 47.8 Å². The van der Waals surface area contributed by atoms with Crippen molar-refractivity contribution >= 4 is 34.8 Å². The zero-order chi connectivity index (χ0) is 19.2. The lowest BCUT2D eigenvalue weighted by Gasteiger charge is -2.30. The van der Waals surface area contributed by atoms with Crippen LogP contribution in [0.3, 0.4) is 0 Å². The Morgan fingerprint density at radius 3 is 2.44 bits per heavy atom. The molecule has 0 N–H and O–H groups in total. The van der Waals surface area contributed by atoms with Crippen molar-refractivity contribution < 1.29 is 19.1 Å². The molecular weight excluding hydrogens is 364 g/mol. The number of piperidine rings is 1. The van der Waals surface area contributed by atoms with E-state index in [0.717, 1.165) is 5.69 Å². The molecule has 1 aromatic heterocycles. The molecule has 1 fully saturated rings. The van der Waals surface area contributed by atoms with E-state index >= 15 is 0 Å². The van der Waals surface area contributed by atoms with Crippen LogP contribution in [0.4, 0.5) is 5.69 Å². The lowest BCUT2D eigenvalue weighted by Crippen LogP contribution is -2.41. The number of carbonyl (C=O) groups is 3. The van der Waals surface area contributed by atoms with Gasteiger partial charge in [0.15, 0.2) is 6.61 Å². The fraction of sp³-hybridized carbons (Fsp3) is 0.350. The Kier molecular flexibility index (Phi) is 6.24. The number of thiophene rings is 1. The third-order valence-electron chi connectivity index (χ3n) is 4.70. The van der Waals surface area contributed by atoms with Gasteiger partial charge in [-0.1, -0.05) is 24.3 Å². The number of nitrogens with zero attached hydrogens (tertiary/aromatic N) is 2. The summed E-state index contributed by atoms with van der Waals surface area (Å²) in [5.41, 5.74) is 0.749. The first-order valence-electron chi connectivity index (χ1n) is 8.87. The van der Waals surface area contributed by atoms with Crippen molar-refractivity contribution in [2.24, 2.45) is 5.92 Å². The Morgan fingerprint density at radius 1 is 1.11 bits per heavy atom. The fourth-order valence-corrected chi connectivity index (χ4v) is 3.71. The number of likely N-dealkylation sites (N-methyl/N-ethyl adjacent to an activating group) is 1. The lowest BCUT2D eigenvalue weighted by molar-refractivity contribution is -0.153. The summed E-state index contributed by atoms with van der Waals surface area (Å²) in [6.45, 7) is 0.765. The van der Waals surface area contributed by atoms with Crippen molar-refractivity contribution in [1.82, 2.24) is 4.90 Å². The first-order chi connectivity index (χ1) is 13.1. The zero-order valence-corrected chi connectivity index (χ0v) is 16.0. The van der Waals surface area contributed by atoms with Gasteiger partial charge in [-0.15, -0.1) is 11.3 Å². The van der Waals surface area contributed by atoms with Gasteiger partial charge in [0.1, 0.15) is 0 Å². The number of amides is 2. The average Bonchev–Trinajstić information content (AvgIpc) is 3.26. The SMILES string of the molecule is CN(C(=O)COC(=O)C1CCN(C(=O)c2cccs2)CC1)c1ccccc1. The molecule has 7 heteroatoms. The molecule has 2 aromatic rings. The van der Waals surface area contributed by atoms with E-state index in [-0.39, 0.29) is 30.3 Å². The van der Waals surface area contributed by atoms with Crippen LogP contribution in [-0.2, 0) is 14.3 Å². The first-order valence-corrected chi connectivity index (χ1v) is 9.75. The number of esters is 1. The maximum Gasteiger partial charge on any atom is 0.309 e. The molecule has 0 radical (unpaired) electrons. The summed E-state index contributed by atoms with van der Waals surface area (Å²) in [6, 6.07) is 12.9. The number of rotatable bonds is 5. The highest BCUT2D eigenvalue weighted by atomic mass is 32.1. The number of anilines is 1. The molecule has 1 aliphatic rings. The third-order valence-corrected chi connectivity index (χ3v) is 5.56. The average molecular weight is 386 g/mol. The fourth-order valence-electron chi connectivity index (χ4n) is 3.02. The second-order valence-corrected chi connectivity index (χ2v) is 7.39. The summed E-state index contributed by atoms with van der Waals surface area (Å²) in [4.78, 5) is 40.8. The molecule has 0 atom stereocenters. The van der Waals surface area contributed by atoms with Crippen LogP contribution in [0.2, 0.25) is 0 Å². The number of carbonyl (C=O) groups excluding carboxylic acids is 3. The van der Waals surface area contributed by atoms with E-state index in [2.05, 4.69) is 0 Å². The third kappa shape index (κ3) is 4.74. The van der Waals surface area contributed by atoms with Crippen LogP contribution in [0, 0.1) is 5.92 Å². The van der Waals surface area contributed by atoms with Crippen LogP contribution in [0.1, 0.15) is 22.5 Å². The van der Waals surface area contributed by atoms with Gasteiger partial charge in [-0.2, -0.15) is 0 Å². The van der Waals surface area contributed by atoms with E-state index < -0.39 is 0 Å². The highest BCUT2D eigenvalue weighted by Gasteiger charge is 2.29. The Balaban J connectivity index is 1.44. The zero-order valence-electron chi connectivity index (χ0n) is 15.2. The Hall–Kier alpha value is -2.67. The van der Waals surface area contributed by atoms with E-state index in [4.69, 9.17) is 4.74 Å². The first kappa shape index (κ1) is 19.1. The van der Waals surface area contributed by atoms with E-state index in [1.54, 1.807) is 11.9 Å². The van der Waals surface area contributed by atoms with Crippen LogP contribution in [0.15, 0.2) is 47.8 Å². The minimum Gasteiger partial charge on any atom is -0.455 e. The molecule has 27 heavy (non-hydrogen) atoms. The highest BCUT2D eigenvalue weighted by molar-refractivity contribution is 7.12. The number of hydrogen-bond donors (Lipinski definition) is 0. The van der Waals surface area contributed by atoms with E-state index in [0.29, 0.717) is 30.8 Å². The van der Waals surface area contributed by atoms with Gasteiger partial charge < -0.3 is 14.5 Å². The molecular formula is C20H22N2O4S. The van der Waals surface area contributed by atoms with Gasteiger partial charge in [0.05, 0.1) is 10.8 Å². The van der Waals surface area contributed by atoms with Crippen LogP contribution >= 0.6 is 11.3 Å². The number of likely N-dealkylation sites (tertiary alicyclic amines) is 1. The number of ether oxygens (including phenoxy) is 1. The summed E-state index contributed by atoms with van der Waals surface area (Å²) < 4.78 is 5.22. The van der Waals surface area contributed by atoms with Crippen LogP contribution in [-0.4, -0.2) is 49.4 Å². The van der Waals surface area contributed by atoms with Gasteiger partial charge in [0, 0.05) is 25.8 Å². The van der Waals surface area contributed by atoms with Crippen molar-refractivity contribution in [3.05, 3.63) is 52.7 Å². The van der Waals surface area contributed by atoms with Crippen molar-refractivity contribution in [1.29, 1.82) is 0 Å². The van der Waals surface area contributed by atoms with Crippen molar-refractivity contribution in [2.45, 2.75) is 12.8 Å². The molecule has 142 valence electrons. The molecule has 0 bridgehead atoms. The van der Waals surface area contributed by atoms with Crippen LogP contribution in [0.25, 0.3) is 0 Å². The molecule has 0 aliphatic carbocycles. The molecule has 1 aliphatic heterocycles. The summed E-state index contributed by atoms with van der Waals surface area (Å²) in [6.07, 6.45) is 1.11. The maximum atomic E-state index is 12.3. The van der Waals surface area contributed by atoms with Crippen molar-refractivity contribution in [3.8, 4) is 0 Å². The largest absolute Gasteiger partial charge is 0.455 e. The normalized spacial score (nSPS) is 14.6. The molecule has 2 heterocycles. The summed E-state index contributed by atoms with van der Waals surface area (Å²) in [5, 5.41) is 1.88. The highest BCUT2D eigenvalue weighted by Crippen LogP contribution is 2.22. The maximum absolute atomic E-state index is 12.3. The predicted molar refractivity (Wildman–Crippen MR) is 104 cm³/mol. The molecule has 6 nitrogen and oxygen atoms in total. The van der Waals surface area contributed by atoms with Gasteiger partial charge >= 0.3 is 5.97 Å². The van der Waals surface area contributed by atoms with Crippen molar-refractivity contribution in [3.63, 3.8) is 0 Å². The Labute approximate surface area is 162 Å². The minimum atomic E-state index is -0.368. The molecule has 1 aromatic carbocycles. The summed E-state index contributed by atoms with van der Waals surface area (Å²) in [7, 11) is 1.65. The Bertz CT molecular complexity index is 784. The molecule has 2 amide bonds. The number of para-hydroxylation sites is 1. The van der Waals surface area contributed by atoms with Crippen LogP contribution in [0.5, 0.6) is 0 Å². The van der Waals surface area contributed by atoms with Crippen LogP contribution < -0.4 is 4.90 Å². The predicted octanol–water partition coefficient (Wildman–Crippen LogP) is 2.81. The second-order valence-electron chi connectivity index (χ2n) is 6.44. The van der Waals surface area contributed by atoms with Gasteiger partial charge in [-0.25, -0.2) is 0 Å². The number of benzene rings is 1. The second kappa shape index (κ2) is 8.81. The van der Waals surface area contributed by atoms with Crippen molar-refractivity contribution in [2.75, 3.05) is 31.6 Å². The van der Waals surface area contributed by atoms with Gasteiger partial charge in [-0.05, 0) is 36.4 Å². The molecule has 1 saturated heterocycles. The topological polar surface area (TPSA) is 66.9 Å². The van der Waals surface area contributed by atoms with Gasteiger partial charge in [-0.3, -0.25) is 14.4 Å². The molecule has 0 unspecified atom stereocenters. The smallest absolute Gasteiger partial charge is 0.309 e. The van der Waals surface area contributed by atoms with Gasteiger partial charge in [0.25, 0.3) is 11.8 Å². The monoisotopic (exact) mass is 386 g/mol. The van der Waals surface area contributed by atoms with E-state index in [1.165, 1.54) is 16.2 Å². The minimum absolute atomic E-state index is 0.0106. The quantitative estimate of drug-likeness (QED) is 0.741. The molecule has 0 spiro atoms. The van der Waals surface area contributed by atoms with E-state index in [9.17, 15) is 14.4 Å². The molecule has 0 saturated carbocycles. The summed E-state index contributed by atoms with van der Waals surface area (Å²) in [5.74, 6) is -0.906. The molecule has 3 rings (SSSR count). The standard InChI is InChI=1S/C20H22N2O4S/c1-21(16-6-3-2-4-7-16)18(23)14-26-20(25)15-9-11-22(12-10-15)19(24)17-8-5-13-27-17/h2-8,13,15H,9-12,14H2,1H3. The Morgan fingerprint density at radius 2 is 1.81 bits per heavy atom. The number of hydrogen-bond acceptors (Lipinski definition) is 5.